The van der Waals surface area contributed by atoms with E-state index in [-0.39, 0.29) is 17.1 Å². The van der Waals surface area contributed by atoms with Gasteiger partial charge in [0, 0.05) is 29.2 Å². The van der Waals surface area contributed by atoms with E-state index in [2.05, 4.69) is 5.32 Å². The van der Waals surface area contributed by atoms with Crippen molar-refractivity contribution in [1.29, 1.82) is 0 Å². The minimum Gasteiger partial charge on any atom is -0.477 e. The van der Waals surface area contributed by atoms with Gasteiger partial charge < -0.3 is 10.4 Å². The number of nitrogens with one attached hydrogen (secondary N) is 1. The highest BCUT2D eigenvalue weighted by atomic mass is 32.1. The van der Waals surface area contributed by atoms with Crippen molar-refractivity contribution in [2.75, 3.05) is 5.32 Å². The Morgan fingerprint density at radius 2 is 1.85 bits per heavy atom. The molecule has 0 saturated heterocycles. The number of benzene rings is 1. The predicted octanol–water partition coefficient (Wildman–Crippen LogP) is 3.78. The Labute approximate surface area is 116 Å². The van der Waals surface area contributed by atoms with E-state index in [4.69, 9.17) is 5.11 Å². The van der Waals surface area contributed by atoms with Crippen molar-refractivity contribution in [2.45, 2.75) is 13.5 Å². The number of aryl methyl sites for hydroxylation is 1. The lowest BCUT2D eigenvalue weighted by atomic mass is 10.2. The van der Waals surface area contributed by atoms with Gasteiger partial charge in [0.15, 0.2) is 17.5 Å². The maximum atomic E-state index is 13.0. The molecule has 0 saturated carbocycles. The van der Waals surface area contributed by atoms with Crippen molar-refractivity contribution in [2.24, 2.45) is 0 Å². The number of aromatic carboxylic acids is 1. The highest BCUT2D eigenvalue weighted by Crippen LogP contribution is 2.23. The SMILES string of the molecule is Cc1sc(C(=O)O)cc1CNc1cc(F)c(F)c(F)c1. The lowest BCUT2D eigenvalue weighted by Crippen LogP contribution is -2.02. The third-order valence-corrected chi connectivity index (χ3v) is 3.78. The van der Waals surface area contributed by atoms with Crippen molar-refractivity contribution in [3.05, 3.63) is 51.0 Å². The summed E-state index contributed by atoms with van der Waals surface area (Å²) >= 11 is 1.12. The summed E-state index contributed by atoms with van der Waals surface area (Å²) in [6.45, 7) is 1.94. The minimum absolute atomic E-state index is 0.0869. The van der Waals surface area contributed by atoms with Gasteiger partial charge in [-0.2, -0.15) is 0 Å². The number of thiophene rings is 1. The normalized spacial score (nSPS) is 10.6. The lowest BCUT2D eigenvalue weighted by molar-refractivity contribution is 0.0702. The molecule has 2 aromatic rings. The first kappa shape index (κ1) is 14.4. The molecule has 1 aromatic carbocycles. The standard InChI is InChI=1S/C13H10F3NO2S/c1-6-7(2-11(20-6)13(18)19)5-17-8-3-9(14)12(16)10(15)4-8/h2-4,17H,5H2,1H3,(H,18,19). The molecule has 0 bridgehead atoms. The first-order chi connectivity index (χ1) is 9.38. The Bertz CT molecular complexity index is 647. The second-order valence-corrected chi connectivity index (χ2v) is 5.36. The number of hydrogen-bond donors (Lipinski definition) is 2. The third-order valence-electron chi connectivity index (χ3n) is 2.70. The van der Waals surface area contributed by atoms with Crippen molar-refractivity contribution < 1.29 is 23.1 Å². The molecule has 20 heavy (non-hydrogen) atoms. The third kappa shape index (κ3) is 2.93. The number of carbonyl (C=O) groups is 1. The van der Waals surface area contributed by atoms with Crippen LogP contribution < -0.4 is 5.32 Å². The summed E-state index contributed by atoms with van der Waals surface area (Å²) in [5, 5.41) is 11.6. The second-order valence-electron chi connectivity index (χ2n) is 4.10. The Morgan fingerprint density at radius 1 is 1.25 bits per heavy atom. The predicted molar refractivity (Wildman–Crippen MR) is 69.7 cm³/mol. The van der Waals surface area contributed by atoms with Gasteiger partial charge in [0.2, 0.25) is 0 Å². The molecule has 0 aliphatic rings. The molecule has 0 atom stereocenters. The Hall–Kier alpha value is -2.02. The summed E-state index contributed by atoms with van der Waals surface area (Å²) in [5.41, 5.74) is 0.793. The molecule has 0 unspecified atom stereocenters. The van der Waals surface area contributed by atoms with Gasteiger partial charge in [-0.25, -0.2) is 18.0 Å². The van der Waals surface area contributed by atoms with E-state index < -0.39 is 23.4 Å². The number of carboxylic acid groups (broad SMARTS) is 1. The fourth-order valence-corrected chi connectivity index (χ4v) is 2.54. The van der Waals surface area contributed by atoms with E-state index in [0.717, 1.165) is 28.3 Å². The highest BCUT2D eigenvalue weighted by molar-refractivity contribution is 7.14. The topological polar surface area (TPSA) is 49.3 Å². The van der Waals surface area contributed by atoms with Gasteiger partial charge in [-0.3, -0.25) is 0 Å². The molecule has 106 valence electrons. The molecule has 7 heteroatoms. The average Bonchev–Trinajstić information content (AvgIpc) is 2.75. The largest absolute Gasteiger partial charge is 0.477 e. The van der Waals surface area contributed by atoms with E-state index in [1.807, 2.05) is 0 Å². The van der Waals surface area contributed by atoms with Crippen LogP contribution in [-0.2, 0) is 6.54 Å². The minimum atomic E-state index is -1.52. The van der Waals surface area contributed by atoms with Gasteiger partial charge in [-0.05, 0) is 18.6 Å². The zero-order valence-electron chi connectivity index (χ0n) is 10.3. The monoisotopic (exact) mass is 301 g/mol. The number of anilines is 1. The first-order valence-corrected chi connectivity index (χ1v) is 6.41. The van der Waals surface area contributed by atoms with Gasteiger partial charge >= 0.3 is 5.97 Å². The molecule has 3 nitrogen and oxygen atoms in total. The van der Waals surface area contributed by atoms with Gasteiger partial charge in [0.1, 0.15) is 4.88 Å². The summed E-state index contributed by atoms with van der Waals surface area (Å²) in [6.07, 6.45) is 0. The number of halogens is 3. The zero-order chi connectivity index (χ0) is 14.9. The average molecular weight is 301 g/mol. The summed E-state index contributed by atoms with van der Waals surface area (Å²) in [7, 11) is 0. The second kappa shape index (κ2) is 5.54. The van der Waals surface area contributed by atoms with Gasteiger partial charge in [-0.1, -0.05) is 0 Å². The maximum absolute atomic E-state index is 13.0. The first-order valence-electron chi connectivity index (χ1n) is 5.59. The van der Waals surface area contributed by atoms with E-state index in [0.29, 0.717) is 5.56 Å². The van der Waals surface area contributed by atoms with Crippen LogP contribution >= 0.6 is 11.3 Å². The fourth-order valence-electron chi connectivity index (χ4n) is 1.66. The molecule has 0 aliphatic heterocycles. The van der Waals surface area contributed by atoms with Crippen molar-refractivity contribution in [1.82, 2.24) is 0 Å². The van der Waals surface area contributed by atoms with Crippen LogP contribution in [0.1, 0.15) is 20.1 Å². The Balaban J connectivity index is 2.15. The van der Waals surface area contributed by atoms with Crippen LogP contribution in [0.4, 0.5) is 18.9 Å². The van der Waals surface area contributed by atoms with E-state index in [9.17, 15) is 18.0 Å². The molecule has 2 N–H and O–H groups in total. The van der Waals surface area contributed by atoms with Crippen LogP contribution in [-0.4, -0.2) is 11.1 Å². The van der Waals surface area contributed by atoms with Crippen molar-refractivity contribution in [3.63, 3.8) is 0 Å². The zero-order valence-corrected chi connectivity index (χ0v) is 11.2. The summed E-state index contributed by atoms with van der Waals surface area (Å²) in [5.74, 6) is -5.10. The van der Waals surface area contributed by atoms with Crippen LogP contribution in [0.2, 0.25) is 0 Å². The molecule has 1 heterocycles. The fraction of sp³-hybridized carbons (Fsp3) is 0.154. The van der Waals surface area contributed by atoms with Crippen LogP contribution in [0.15, 0.2) is 18.2 Å². The maximum Gasteiger partial charge on any atom is 0.345 e. The smallest absolute Gasteiger partial charge is 0.345 e. The molecule has 0 fully saturated rings. The molecule has 1 aromatic heterocycles. The van der Waals surface area contributed by atoms with Crippen LogP contribution in [0, 0.1) is 24.4 Å². The Morgan fingerprint density at radius 3 is 2.35 bits per heavy atom. The van der Waals surface area contributed by atoms with Gasteiger partial charge in [0.25, 0.3) is 0 Å². The van der Waals surface area contributed by atoms with E-state index in [1.54, 1.807) is 6.92 Å². The van der Waals surface area contributed by atoms with Crippen LogP contribution in [0.25, 0.3) is 0 Å². The summed E-state index contributed by atoms with van der Waals surface area (Å²) in [6, 6.07) is 3.18. The van der Waals surface area contributed by atoms with Crippen LogP contribution in [0.5, 0.6) is 0 Å². The summed E-state index contributed by atoms with van der Waals surface area (Å²) in [4.78, 5) is 11.8. The van der Waals surface area contributed by atoms with Gasteiger partial charge in [-0.15, -0.1) is 11.3 Å². The number of carboxylic acids is 1. The lowest BCUT2D eigenvalue weighted by Gasteiger charge is -2.07. The van der Waals surface area contributed by atoms with Crippen molar-refractivity contribution in [3.8, 4) is 0 Å². The van der Waals surface area contributed by atoms with E-state index in [1.165, 1.54) is 6.07 Å². The van der Waals surface area contributed by atoms with Gasteiger partial charge in [0.05, 0.1) is 0 Å². The molecule has 2 rings (SSSR count). The van der Waals surface area contributed by atoms with Crippen molar-refractivity contribution >= 4 is 23.0 Å². The van der Waals surface area contributed by atoms with E-state index >= 15 is 0 Å². The summed E-state index contributed by atoms with van der Waals surface area (Å²) < 4.78 is 38.8. The molecular formula is C13H10F3NO2S. The number of rotatable bonds is 4. The molecule has 0 aliphatic carbocycles. The number of hydrogen-bond acceptors (Lipinski definition) is 3. The molecule has 0 amide bonds. The Kier molecular flexibility index (Phi) is 3.99. The molecule has 0 radical (unpaired) electrons. The molecular weight excluding hydrogens is 291 g/mol. The highest BCUT2D eigenvalue weighted by Gasteiger charge is 2.13. The van der Waals surface area contributed by atoms with Crippen LogP contribution in [0.3, 0.4) is 0 Å². The quantitative estimate of drug-likeness (QED) is 0.845. The molecule has 0 spiro atoms.